The molecule has 0 amide bonds. The summed E-state index contributed by atoms with van der Waals surface area (Å²) in [4.78, 5) is 0. The van der Waals surface area contributed by atoms with Crippen LogP contribution in [0.5, 0.6) is 11.5 Å². The van der Waals surface area contributed by atoms with Gasteiger partial charge < -0.3 is 9.84 Å². The number of alkyl halides is 3. The van der Waals surface area contributed by atoms with Crippen molar-refractivity contribution in [3.63, 3.8) is 0 Å². The first-order chi connectivity index (χ1) is 9.31. The number of rotatable bonds is 2. The Balaban J connectivity index is 2.64. The molecule has 0 radical (unpaired) electrons. The Morgan fingerprint density at radius 3 is 2.40 bits per heavy atom. The second kappa shape index (κ2) is 5.25. The second-order valence-electron chi connectivity index (χ2n) is 4.11. The first-order valence-electron chi connectivity index (χ1n) is 5.56. The highest BCUT2D eigenvalue weighted by Crippen LogP contribution is 2.38. The molecule has 0 aliphatic heterocycles. The molecule has 6 heteroatoms. The lowest BCUT2D eigenvalue weighted by molar-refractivity contribution is -0.137. The molecule has 0 spiro atoms. The standard InChI is InChI=1S/C14H10ClF3O2/c1-20-13-3-2-10(15)7-12(13)8-4-9(14(16,17)18)6-11(19)5-8/h2-7,19H,1H3. The molecule has 0 aromatic heterocycles. The third kappa shape index (κ3) is 2.99. The molecule has 2 rings (SSSR count). The Hall–Kier alpha value is -1.88. The van der Waals surface area contributed by atoms with Crippen LogP contribution in [0, 0.1) is 0 Å². The maximum atomic E-state index is 12.8. The van der Waals surface area contributed by atoms with E-state index in [2.05, 4.69) is 0 Å². The number of phenolic OH excluding ortho intramolecular Hbond substituents is 1. The van der Waals surface area contributed by atoms with E-state index in [0.717, 1.165) is 6.07 Å². The molecule has 0 fully saturated rings. The molecule has 0 aliphatic carbocycles. The lowest BCUT2D eigenvalue weighted by Crippen LogP contribution is -2.04. The smallest absolute Gasteiger partial charge is 0.416 e. The van der Waals surface area contributed by atoms with Gasteiger partial charge in [-0.1, -0.05) is 11.6 Å². The van der Waals surface area contributed by atoms with Crippen LogP contribution in [0.2, 0.25) is 5.02 Å². The van der Waals surface area contributed by atoms with Gasteiger partial charge in [0.2, 0.25) is 0 Å². The number of phenols is 1. The maximum absolute atomic E-state index is 12.8. The topological polar surface area (TPSA) is 29.5 Å². The minimum atomic E-state index is -4.54. The zero-order chi connectivity index (χ0) is 14.9. The summed E-state index contributed by atoms with van der Waals surface area (Å²) in [5.41, 5.74) is -0.382. The molecule has 106 valence electrons. The van der Waals surface area contributed by atoms with E-state index in [0.29, 0.717) is 22.4 Å². The third-order valence-corrected chi connectivity index (χ3v) is 2.95. The highest BCUT2D eigenvalue weighted by molar-refractivity contribution is 6.31. The quantitative estimate of drug-likeness (QED) is 0.868. The van der Waals surface area contributed by atoms with Crippen molar-refractivity contribution < 1.29 is 23.0 Å². The maximum Gasteiger partial charge on any atom is 0.416 e. The fraction of sp³-hybridized carbons (Fsp3) is 0.143. The predicted molar refractivity (Wildman–Crippen MR) is 70.1 cm³/mol. The molecule has 0 saturated heterocycles. The van der Waals surface area contributed by atoms with E-state index < -0.39 is 17.5 Å². The van der Waals surface area contributed by atoms with Crippen molar-refractivity contribution in [3.8, 4) is 22.6 Å². The zero-order valence-electron chi connectivity index (χ0n) is 10.3. The molecule has 0 bridgehead atoms. The van der Waals surface area contributed by atoms with E-state index >= 15 is 0 Å². The van der Waals surface area contributed by atoms with Crippen molar-refractivity contribution in [2.24, 2.45) is 0 Å². The van der Waals surface area contributed by atoms with Gasteiger partial charge in [-0.05, 0) is 42.0 Å². The predicted octanol–water partition coefficient (Wildman–Crippen LogP) is 4.74. The van der Waals surface area contributed by atoms with Gasteiger partial charge in [-0.2, -0.15) is 13.2 Å². The summed E-state index contributed by atoms with van der Waals surface area (Å²) < 4.78 is 43.4. The minimum absolute atomic E-state index is 0.177. The summed E-state index contributed by atoms with van der Waals surface area (Å²) in [6, 6.07) is 7.43. The third-order valence-electron chi connectivity index (χ3n) is 2.72. The SMILES string of the molecule is COc1ccc(Cl)cc1-c1cc(O)cc(C(F)(F)F)c1. The molecular weight excluding hydrogens is 293 g/mol. The van der Waals surface area contributed by atoms with Crippen LogP contribution < -0.4 is 4.74 Å². The molecule has 2 nitrogen and oxygen atoms in total. The second-order valence-corrected chi connectivity index (χ2v) is 4.55. The number of benzene rings is 2. The first kappa shape index (κ1) is 14.5. The van der Waals surface area contributed by atoms with E-state index in [4.69, 9.17) is 16.3 Å². The van der Waals surface area contributed by atoms with Crippen LogP contribution in [0.1, 0.15) is 5.56 Å². The number of ether oxygens (including phenoxy) is 1. The summed E-state index contributed by atoms with van der Waals surface area (Å²) >= 11 is 5.85. The average molecular weight is 303 g/mol. The Kier molecular flexibility index (Phi) is 3.81. The molecule has 0 heterocycles. The first-order valence-corrected chi connectivity index (χ1v) is 5.94. The van der Waals surface area contributed by atoms with Gasteiger partial charge in [0.25, 0.3) is 0 Å². The van der Waals surface area contributed by atoms with E-state index in [1.54, 1.807) is 12.1 Å². The van der Waals surface area contributed by atoms with Crippen LogP contribution in [0.15, 0.2) is 36.4 Å². The fourth-order valence-electron chi connectivity index (χ4n) is 1.84. The summed E-state index contributed by atoms with van der Waals surface area (Å²) in [5.74, 6) is -0.107. The highest BCUT2D eigenvalue weighted by Gasteiger charge is 2.31. The van der Waals surface area contributed by atoms with E-state index in [1.165, 1.54) is 19.2 Å². The van der Waals surface area contributed by atoms with Gasteiger partial charge in [-0.3, -0.25) is 0 Å². The van der Waals surface area contributed by atoms with Crippen molar-refractivity contribution >= 4 is 11.6 Å². The summed E-state index contributed by atoms with van der Waals surface area (Å²) in [6.45, 7) is 0. The van der Waals surface area contributed by atoms with Gasteiger partial charge >= 0.3 is 6.18 Å². The summed E-state index contributed by atoms with van der Waals surface area (Å²) in [6.07, 6.45) is -4.54. The lowest BCUT2D eigenvalue weighted by atomic mass is 10.0. The van der Waals surface area contributed by atoms with Crippen LogP contribution in [0.25, 0.3) is 11.1 Å². The van der Waals surface area contributed by atoms with E-state index in [1.807, 2.05) is 0 Å². The average Bonchev–Trinajstić information content (AvgIpc) is 2.37. The van der Waals surface area contributed by atoms with Crippen molar-refractivity contribution in [3.05, 3.63) is 47.0 Å². The fourth-order valence-corrected chi connectivity index (χ4v) is 2.01. The van der Waals surface area contributed by atoms with E-state index in [-0.39, 0.29) is 5.56 Å². The van der Waals surface area contributed by atoms with Crippen LogP contribution in [-0.4, -0.2) is 12.2 Å². The summed E-state index contributed by atoms with van der Waals surface area (Å²) in [7, 11) is 1.40. The summed E-state index contributed by atoms with van der Waals surface area (Å²) in [5, 5.41) is 9.84. The molecule has 2 aromatic carbocycles. The van der Waals surface area contributed by atoms with Gasteiger partial charge in [0, 0.05) is 10.6 Å². The molecule has 2 aromatic rings. The zero-order valence-corrected chi connectivity index (χ0v) is 11.1. The number of aromatic hydroxyl groups is 1. The molecule has 0 unspecified atom stereocenters. The molecule has 20 heavy (non-hydrogen) atoms. The van der Waals surface area contributed by atoms with Crippen molar-refractivity contribution in [1.29, 1.82) is 0 Å². The van der Waals surface area contributed by atoms with E-state index in [9.17, 15) is 18.3 Å². The lowest BCUT2D eigenvalue weighted by Gasteiger charge is -2.13. The Labute approximate surface area is 118 Å². The monoisotopic (exact) mass is 302 g/mol. The van der Waals surface area contributed by atoms with Gasteiger partial charge in [-0.15, -0.1) is 0 Å². The van der Waals surface area contributed by atoms with Gasteiger partial charge in [0.15, 0.2) is 0 Å². The Morgan fingerprint density at radius 1 is 1.10 bits per heavy atom. The van der Waals surface area contributed by atoms with Gasteiger partial charge in [0.05, 0.1) is 12.7 Å². The molecule has 0 saturated carbocycles. The number of halogens is 4. The van der Waals surface area contributed by atoms with Gasteiger partial charge in [-0.25, -0.2) is 0 Å². The van der Waals surface area contributed by atoms with Crippen molar-refractivity contribution in [1.82, 2.24) is 0 Å². The van der Waals surface area contributed by atoms with Gasteiger partial charge in [0.1, 0.15) is 11.5 Å². The molecule has 0 atom stereocenters. The van der Waals surface area contributed by atoms with Crippen LogP contribution in [0.4, 0.5) is 13.2 Å². The number of hydrogen-bond donors (Lipinski definition) is 1. The molecule has 0 aliphatic rings. The van der Waals surface area contributed by atoms with Crippen LogP contribution in [-0.2, 0) is 6.18 Å². The van der Waals surface area contributed by atoms with Crippen LogP contribution in [0.3, 0.4) is 0 Å². The van der Waals surface area contributed by atoms with Crippen LogP contribution >= 0.6 is 11.6 Å². The minimum Gasteiger partial charge on any atom is -0.508 e. The van der Waals surface area contributed by atoms with Crippen molar-refractivity contribution in [2.75, 3.05) is 7.11 Å². The molecular formula is C14H10ClF3O2. The highest BCUT2D eigenvalue weighted by atomic mass is 35.5. The molecule has 1 N–H and O–H groups in total. The Bertz CT molecular complexity index is 639. The van der Waals surface area contributed by atoms with Crippen molar-refractivity contribution in [2.45, 2.75) is 6.18 Å². The Morgan fingerprint density at radius 2 is 1.80 bits per heavy atom. The normalized spacial score (nSPS) is 11.4. The number of hydrogen-bond acceptors (Lipinski definition) is 2. The number of methoxy groups -OCH3 is 1. The largest absolute Gasteiger partial charge is 0.508 e.